The van der Waals surface area contributed by atoms with Gasteiger partial charge in [0.1, 0.15) is 11.8 Å². The summed E-state index contributed by atoms with van der Waals surface area (Å²) in [4.78, 5) is 26.1. The topological polar surface area (TPSA) is 98.2 Å². The van der Waals surface area contributed by atoms with E-state index in [4.69, 9.17) is 37.4 Å². The summed E-state index contributed by atoms with van der Waals surface area (Å²) in [5.74, 6) is 0.358. The standard InChI is InChI=1S/C28H29Cl2N3O5/c1-4-37-26-20(11-8-12-25(26)36-3)17-31-33-28(35)23(15-19-9-6-5-7-10-19)32-27(34)18(2)38-24-14-13-21(29)16-22(24)30/h5-14,16-18,23H,4,15H2,1-3H3,(H,32,34)(H,33,35)/b31-17-/t18-,23+/m0/s1. The van der Waals surface area contributed by atoms with Crippen molar-refractivity contribution in [3.63, 3.8) is 0 Å². The van der Waals surface area contributed by atoms with E-state index in [1.165, 1.54) is 12.3 Å². The largest absolute Gasteiger partial charge is 0.493 e. The molecule has 38 heavy (non-hydrogen) atoms. The van der Waals surface area contributed by atoms with Gasteiger partial charge in [-0.05, 0) is 49.7 Å². The summed E-state index contributed by atoms with van der Waals surface area (Å²) < 4.78 is 16.7. The Morgan fingerprint density at radius 2 is 1.76 bits per heavy atom. The molecule has 0 fully saturated rings. The lowest BCUT2D eigenvalue weighted by Crippen LogP contribution is -2.50. The van der Waals surface area contributed by atoms with Gasteiger partial charge in [-0.25, -0.2) is 5.43 Å². The first-order valence-electron chi connectivity index (χ1n) is 11.9. The van der Waals surface area contributed by atoms with Crippen LogP contribution in [0, 0.1) is 0 Å². The molecule has 0 saturated heterocycles. The molecule has 0 heterocycles. The van der Waals surface area contributed by atoms with Crippen molar-refractivity contribution in [3.8, 4) is 17.2 Å². The van der Waals surface area contributed by atoms with Crippen LogP contribution in [0.4, 0.5) is 0 Å². The van der Waals surface area contributed by atoms with Gasteiger partial charge in [-0.15, -0.1) is 0 Å². The molecule has 0 saturated carbocycles. The Bertz CT molecular complexity index is 1270. The molecule has 0 aliphatic carbocycles. The highest BCUT2D eigenvalue weighted by atomic mass is 35.5. The maximum absolute atomic E-state index is 13.1. The van der Waals surface area contributed by atoms with Crippen LogP contribution in [0.25, 0.3) is 0 Å². The third-order valence-electron chi connectivity index (χ3n) is 5.38. The van der Waals surface area contributed by atoms with Crippen molar-refractivity contribution in [1.29, 1.82) is 0 Å². The Balaban J connectivity index is 1.73. The Morgan fingerprint density at radius 3 is 2.45 bits per heavy atom. The van der Waals surface area contributed by atoms with E-state index >= 15 is 0 Å². The number of nitrogens with zero attached hydrogens (tertiary/aromatic N) is 1. The highest BCUT2D eigenvalue weighted by Gasteiger charge is 2.25. The lowest BCUT2D eigenvalue weighted by molar-refractivity contribution is -0.132. The van der Waals surface area contributed by atoms with Crippen LogP contribution in [0.2, 0.25) is 10.0 Å². The van der Waals surface area contributed by atoms with E-state index in [-0.39, 0.29) is 11.4 Å². The van der Waals surface area contributed by atoms with E-state index in [0.717, 1.165) is 5.56 Å². The zero-order valence-electron chi connectivity index (χ0n) is 21.2. The second-order valence-corrected chi connectivity index (χ2v) is 8.98. The van der Waals surface area contributed by atoms with Crippen molar-refractivity contribution in [2.24, 2.45) is 5.10 Å². The van der Waals surface area contributed by atoms with Crippen LogP contribution in [-0.4, -0.2) is 43.9 Å². The van der Waals surface area contributed by atoms with Crippen molar-refractivity contribution in [1.82, 2.24) is 10.7 Å². The van der Waals surface area contributed by atoms with Crippen LogP contribution in [0.3, 0.4) is 0 Å². The number of ether oxygens (including phenoxy) is 3. The maximum Gasteiger partial charge on any atom is 0.262 e. The zero-order chi connectivity index (χ0) is 27.5. The van der Waals surface area contributed by atoms with Gasteiger partial charge < -0.3 is 19.5 Å². The third-order valence-corrected chi connectivity index (χ3v) is 5.91. The molecule has 3 rings (SSSR count). The first kappa shape index (κ1) is 28.8. The van der Waals surface area contributed by atoms with E-state index in [1.807, 2.05) is 37.3 Å². The lowest BCUT2D eigenvalue weighted by Gasteiger charge is -2.21. The SMILES string of the molecule is CCOc1c(/C=N\NC(=O)[C@@H](Cc2ccccc2)NC(=O)[C@H](C)Oc2ccc(Cl)cc2Cl)cccc1OC. The molecule has 0 aromatic heterocycles. The van der Waals surface area contributed by atoms with Gasteiger partial charge >= 0.3 is 0 Å². The number of methoxy groups -OCH3 is 1. The monoisotopic (exact) mass is 557 g/mol. The van der Waals surface area contributed by atoms with Crippen LogP contribution < -0.4 is 25.0 Å². The van der Waals surface area contributed by atoms with Crippen LogP contribution in [0.1, 0.15) is 25.0 Å². The molecule has 200 valence electrons. The summed E-state index contributed by atoms with van der Waals surface area (Å²) in [7, 11) is 1.54. The normalized spacial score (nSPS) is 12.4. The van der Waals surface area contributed by atoms with Gasteiger partial charge in [-0.2, -0.15) is 5.10 Å². The fourth-order valence-corrected chi connectivity index (χ4v) is 3.95. The van der Waals surface area contributed by atoms with Gasteiger partial charge in [0.25, 0.3) is 11.8 Å². The molecular formula is C28H29Cl2N3O5. The van der Waals surface area contributed by atoms with E-state index in [9.17, 15) is 9.59 Å². The summed E-state index contributed by atoms with van der Waals surface area (Å²) in [6.07, 6.45) is 0.765. The summed E-state index contributed by atoms with van der Waals surface area (Å²) >= 11 is 12.1. The highest BCUT2D eigenvalue weighted by molar-refractivity contribution is 6.35. The second-order valence-electron chi connectivity index (χ2n) is 8.13. The van der Waals surface area contributed by atoms with Crippen LogP contribution in [0.5, 0.6) is 17.2 Å². The number of carbonyl (C=O) groups is 2. The van der Waals surface area contributed by atoms with E-state index in [0.29, 0.717) is 34.4 Å². The third kappa shape index (κ3) is 8.13. The van der Waals surface area contributed by atoms with Gasteiger partial charge in [-0.1, -0.05) is 59.6 Å². The molecule has 3 aromatic rings. The summed E-state index contributed by atoms with van der Waals surface area (Å²) in [6.45, 7) is 3.85. The van der Waals surface area contributed by atoms with E-state index < -0.39 is 24.0 Å². The number of halogens is 2. The average molecular weight is 558 g/mol. The highest BCUT2D eigenvalue weighted by Crippen LogP contribution is 2.30. The van der Waals surface area contributed by atoms with Crippen LogP contribution >= 0.6 is 23.2 Å². The minimum Gasteiger partial charge on any atom is -0.493 e. The molecule has 2 amide bonds. The molecule has 3 aromatic carbocycles. The van der Waals surface area contributed by atoms with Gasteiger partial charge in [0.05, 0.1) is 25.0 Å². The number of hydrazone groups is 1. The number of carbonyl (C=O) groups excluding carboxylic acids is 2. The van der Waals surface area contributed by atoms with Crippen LogP contribution in [0.15, 0.2) is 71.8 Å². The number of hydrogen-bond donors (Lipinski definition) is 2. The Kier molecular flexibility index (Phi) is 10.8. The minimum atomic E-state index is -0.936. The molecule has 10 heteroatoms. The quantitative estimate of drug-likeness (QED) is 0.240. The molecule has 2 N–H and O–H groups in total. The Hall–Kier alpha value is -3.75. The fraction of sp³-hybridized carbons (Fsp3) is 0.250. The Morgan fingerprint density at radius 1 is 1.00 bits per heavy atom. The fourth-order valence-electron chi connectivity index (χ4n) is 3.50. The minimum absolute atomic E-state index is 0.242. The van der Waals surface area contributed by atoms with Crippen molar-refractivity contribution < 1.29 is 23.8 Å². The predicted octanol–water partition coefficient (Wildman–Crippen LogP) is 5.05. The molecule has 0 spiro atoms. The summed E-state index contributed by atoms with van der Waals surface area (Å²) in [6, 6.07) is 18.4. The van der Waals surface area contributed by atoms with Gasteiger partial charge in [0, 0.05) is 17.0 Å². The molecule has 0 unspecified atom stereocenters. The van der Waals surface area contributed by atoms with Gasteiger partial charge in [0.2, 0.25) is 0 Å². The molecule has 2 atom stereocenters. The van der Waals surface area contributed by atoms with Crippen molar-refractivity contribution in [2.45, 2.75) is 32.4 Å². The number of nitrogens with one attached hydrogen (secondary N) is 2. The van der Waals surface area contributed by atoms with Gasteiger partial charge in [0.15, 0.2) is 17.6 Å². The molecular weight excluding hydrogens is 529 g/mol. The molecule has 0 radical (unpaired) electrons. The van der Waals surface area contributed by atoms with E-state index in [1.54, 1.807) is 44.4 Å². The number of hydrogen-bond acceptors (Lipinski definition) is 6. The predicted molar refractivity (Wildman–Crippen MR) is 149 cm³/mol. The average Bonchev–Trinajstić information content (AvgIpc) is 2.91. The molecule has 0 aliphatic heterocycles. The summed E-state index contributed by atoms with van der Waals surface area (Å²) in [5.41, 5.74) is 3.99. The molecule has 0 bridgehead atoms. The van der Waals surface area contributed by atoms with Crippen LogP contribution in [-0.2, 0) is 16.0 Å². The van der Waals surface area contributed by atoms with E-state index in [2.05, 4.69) is 15.8 Å². The number of para-hydroxylation sites is 1. The number of benzene rings is 3. The lowest BCUT2D eigenvalue weighted by atomic mass is 10.1. The van der Waals surface area contributed by atoms with Crippen molar-refractivity contribution in [3.05, 3.63) is 87.9 Å². The summed E-state index contributed by atoms with van der Waals surface area (Å²) in [5, 5.41) is 7.56. The smallest absolute Gasteiger partial charge is 0.262 e. The Labute approximate surface area is 231 Å². The first-order chi connectivity index (χ1) is 18.3. The second kappa shape index (κ2) is 14.3. The molecule has 8 nitrogen and oxygen atoms in total. The number of rotatable bonds is 12. The first-order valence-corrected chi connectivity index (χ1v) is 12.7. The molecule has 0 aliphatic rings. The number of amides is 2. The maximum atomic E-state index is 13.1. The zero-order valence-corrected chi connectivity index (χ0v) is 22.8. The van der Waals surface area contributed by atoms with Crippen molar-refractivity contribution in [2.75, 3.05) is 13.7 Å². The van der Waals surface area contributed by atoms with Gasteiger partial charge in [-0.3, -0.25) is 9.59 Å². The van der Waals surface area contributed by atoms with Crippen molar-refractivity contribution >= 4 is 41.2 Å².